The van der Waals surface area contributed by atoms with Gasteiger partial charge < -0.3 is 15.0 Å². The fraction of sp³-hybridized carbons (Fsp3) is 0.647. The van der Waals surface area contributed by atoms with Crippen molar-refractivity contribution < 1.29 is 4.74 Å². The number of hydrogen-bond donors (Lipinski definition) is 1. The first-order valence-corrected chi connectivity index (χ1v) is 8.65. The maximum Gasteiger partial charge on any atom is 0.0472 e. The van der Waals surface area contributed by atoms with Crippen LogP contribution in [0.4, 0.5) is 0 Å². The quantitative estimate of drug-likeness (QED) is 0.812. The van der Waals surface area contributed by atoms with Gasteiger partial charge >= 0.3 is 0 Å². The fourth-order valence-corrected chi connectivity index (χ4v) is 3.54. The lowest BCUT2D eigenvalue weighted by atomic mass is 9.79. The van der Waals surface area contributed by atoms with Crippen LogP contribution in [0.2, 0.25) is 0 Å². The molecule has 0 radical (unpaired) electrons. The van der Waals surface area contributed by atoms with Crippen LogP contribution in [0.15, 0.2) is 28.7 Å². The molecule has 0 amide bonds. The summed E-state index contributed by atoms with van der Waals surface area (Å²) in [7, 11) is 2.22. The molecule has 1 fully saturated rings. The van der Waals surface area contributed by atoms with Gasteiger partial charge in [0.2, 0.25) is 0 Å². The number of hydrogen-bond acceptors (Lipinski definition) is 3. The zero-order valence-electron chi connectivity index (χ0n) is 13.2. The Morgan fingerprint density at radius 3 is 2.67 bits per heavy atom. The second-order valence-corrected chi connectivity index (χ2v) is 7.01. The number of nitrogens with one attached hydrogen (secondary N) is 1. The van der Waals surface area contributed by atoms with Crippen molar-refractivity contribution in [1.82, 2.24) is 10.2 Å². The third-order valence-corrected chi connectivity index (χ3v) is 5.08. The van der Waals surface area contributed by atoms with E-state index in [1.807, 2.05) is 0 Å². The van der Waals surface area contributed by atoms with Gasteiger partial charge in [0.25, 0.3) is 0 Å². The molecule has 1 heterocycles. The second-order valence-electron chi connectivity index (χ2n) is 6.16. The summed E-state index contributed by atoms with van der Waals surface area (Å²) in [6.07, 6.45) is 2.31. The minimum Gasteiger partial charge on any atom is -0.381 e. The Labute approximate surface area is 137 Å². The van der Waals surface area contributed by atoms with E-state index >= 15 is 0 Å². The highest BCUT2D eigenvalue weighted by Gasteiger charge is 2.33. The predicted octanol–water partition coefficient (Wildman–Crippen LogP) is 3.29. The highest BCUT2D eigenvalue weighted by molar-refractivity contribution is 9.10. The molecule has 1 aromatic rings. The molecule has 0 unspecified atom stereocenters. The third kappa shape index (κ3) is 5.06. The molecule has 0 aromatic heterocycles. The van der Waals surface area contributed by atoms with E-state index in [2.05, 4.69) is 64.4 Å². The second kappa shape index (κ2) is 8.28. The maximum atomic E-state index is 5.57. The highest BCUT2D eigenvalue weighted by Crippen LogP contribution is 2.31. The van der Waals surface area contributed by atoms with E-state index in [9.17, 15) is 0 Å². The van der Waals surface area contributed by atoms with Crippen molar-refractivity contribution in [3.05, 3.63) is 34.3 Å². The monoisotopic (exact) mass is 354 g/mol. The number of halogens is 1. The average molecular weight is 355 g/mol. The molecule has 0 saturated carbocycles. The number of ether oxygens (including phenoxy) is 1. The van der Waals surface area contributed by atoms with Crippen LogP contribution in [0, 0.1) is 5.41 Å². The molecule has 4 heteroatoms. The van der Waals surface area contributed by atoms with Crippen molar-refractivity contribution >= 4 is 15.9 Å². The van der Waals surface area contributed by atoms with Crippen LogP contribution in [0.5, 0.6) is 0 Å². The minimum atomic E-state index is 0.351. The smallest absolute Gasteiger partial charge is 0.0472 e. The molecule has 3 nitrogen and oxygen atoms in total. The zero-order chi connectivity index (χ0) is 15.1. The van der Waals surface area contributed by atoms with E-state index in [0.29, 0.717) is 5.41 Å². The molecule has 1 N–H and O–H groups in total. The van der Waals surface area contributed by atoms with Crippen LogP contribution < -0.4 is 5.32 Å². The normalized spacial score (nSPS) is 18.1. The van der Waals surface area contributed by atoms with Crippen LogP contribution in [0.25, 0.3) is 0 Å². The molecule has 1 aromatic carbocycles. The van der Waals surface area contributed by atoms with Crippen molar-refractivity contribution in [3.63, 3.8) is 0 Å². The van der Waals surface area contributed by atoms with Crippen LogP contribution >= 0.6 is 15.9 Å². The SMILES string of the molecule is CCNCC1(CN(C)Cc2ccccc2Br)CCOCC1. The van der Waals surface area contributed by atoms with Gasteiger partial charge in [0, 0.05) is 37.3 Å². The summed E-state index contributed by atoms with van der Waals surface area (Å²) < 4.78 is 6.77. The molecular weight excluding hydrogens is 328 g/mol. The predicted molar refractivity (Wildman–Crippen MR) is 91.5 cm³/mol. The summed E-state index contributed by atoms with van der Waals surface area (Å²) in [5.41, 5.74) is 1.70. The van der Waals surface area contributed by atoms with Gasteiger partial charge in [-0.05, 0) is 43.5 Å². The van der Waals surface area contributed by atoms with Crippen LogP contribution in [-0.2, 0) is 11.3 Å². The van der Waals surface area contributed by atoms with Gasteiger partial charge in [-0.15, -0.1) is 0 Å². The van der Waals surface area contributed by atoms with Gasteiger partial charge in [0.05, 0.1) is 0 Å². The Hall–Kier alpha value is -0.420. The fourth-order valence-electron chi connectivity index (χ4n) is 3.13. The van der Waals surface area contributed by atoms with Gasteiger partial charge in [0.15, 0.2) is 0 Å². The number of benzene rings is 1. The first-order chi connectivity index (χ1) is 10.2. The molecule has 2 rings (SSSR count). The lowest BCUT2D eigenvalue weighted by Gasteiger charge is -2.40. The molecule has 0 aliphatic carbocycles. The minimum absolute atomic E-state index is 0.351. The van der Waals surface area contributed by atoms with Gasteiger partial charge in [-0.25, -0.2) is 0 Å². The average Bonchev–Trinajstić information content (AvgIpc) is 2.48. The Kier molecular flexibility index (Phi) is 6.68. The first kappa shape index (κ1) is 16.9. The van der Waals surface area contributed by atoms with Crippen molar-refractivity contribution in [2.45, 2.75) is 26.3 Å². The molecule has 0 bridgehead atoms. The van der Waals surface area contributed by atoms with Crippen LogP contribution in [0.1, 0.15) is 25.3 Å². The Morgan fingerprint density at radius 2 is 2.00 bits per heavy atom. The van der Waals surface area contributed by atoms with Crippen LogP contribution in [0.3, 0.4) is 0 Å². The molecule has 1 aliphatic rings. The van der Waals surface area contributed by atoms with Gasteiger partial charge in [-0.2, -0.15) is 0 Å². The summed E-state index contributed by atoms with van der Waals surface area (Å²) >= 11 is 3.65. The Balaban J connectivity index is 1.97. The third-order valence-electron chi connectivity index (χ3n) is 4.31. The van der Waals surface area contributed by atoms with Crippen molar-refractivity contribution in [2.75, 3.05) is 39.9 Å². The molecule has 1 saturated heterocycles. The number of nitrogens with zero attached hydrogens (tertiary/aromatic N) is 1. The summed E-state index contributed by atoms with van der Waals surface area (Å²) in [5, 5.41) is 3.55. The molecular formula is C17H27BrN2O. The molecule has 118 valence electrons. The topological polar surface area (TPSA) is 24.5 Å². The van der Waals surface area contributed by atoms with Gasteiger partial charge in [-0.3, -0.25) is 0 Å². The van der Waals surface area contributed by atoms with Gasteiger partial charge in [0.1, 0.15) is 0 Å². The summed E-state index contributed by atoms with van der Waals surface area (Å²) in [6, 6.07) is 8.49. The van der Waals surface area contributed by atoms with E-state index in [4.69, 9.17) is 4.74 Å². The number of rotatable bonds is 7. The molecule has 0 spiro atoms. The van der Waals surface area contributed by atoms with E-state index in [0.717, 1.165) is 52.2 Å². The Morgan fingerprint density at radius 1 is 1.29 bits per heavy atom. The molecule has 1 aliphatic heterocycles. The van der Waals surface area contributed by atoms with E-state index in [1.54, 1.807) is 0 Å². The Bertz CT molecular complexity index is 433. The van der Waals surface area contributed by atoms with Crippen molar-refractivity contribution in [1.29, 1.82) is 0 Å². The molecule has 21 heavy (non-hydrogen) atoms. The summed E-state index contributed by atoms with van der Waals surface area (Å²) in [5.74, 6) is 0. The van der Waals surface area contributed by atoms with E-state index < -0.39 is 0 Å². The van der Waals surface area contributed by atoms with E-state index in [-0.39, 0.29) is 0 Å². The summed E-state index contributed by atoms with van der Waals surface area (Å²) in [6.45, 7) is 8.20. The lowest BCUT2D eigenvalue weighted by Crippen LogP contribution is -2.46. The van der Waals surface area contributed by atoms with Crippen molar-refractivity contribution in [3.8, 4) is 0 Å². The standard InChI is InChI=1S/C17H27BrN2O/c1-3-19-13-17(8-10-21-11-9-17)14-20(2)12-15-6-4-5-7-16(15)18/h4-7,19H,3,8-14H2,1-2H3. The molecule has 0 atom stereocenters. The van der Waals surface area contributed by atoms with Gasteiger partial charge in [-0.1, -0.05) is 41.1 Å². The largest absolute Gasteiger partial charge is 0.381 e. The van der Waals surface area contributed by atoms with Crippen LogP contribution in [-0.4, -0.2) is 44.8 Å². The van der Waals surface area contributed by atoms with E-state index in [1.165, 1.54) is 10.0 Å². The van der Waals surface area contributed by atoms with Crippen molar-refractivity contribution in [2.24, 2.45) is 5.41 Å². The summed E-state index contributed by atoms with van der Waals surface area (Å²) in [4.78, 5) is 2.45. The lowest BCUT2D eigenvalue weighted by molar-refractivity contribution is -0.00141. The highest BCUT2D eigenvalue weighted by atomic mass is 79.9. The zero-order valence-corrected chi connectivity index (χ0v) is 14.8. The maximum absolute atomic E-state index is 5.57. The first-order valence-electron chi connectivity index (χ1n) is 7.86.